The van der Waals surface area contributed by atoms with Crippen LogP contribution in [0.2, 0.25) is 0 Å². The van der Waals surface area contributed by atoms with E-state index in [1.807, 2.05) is 0 Å². The van der Waals surface area contributed by atoms with Crippen LogP contribution in [0.3, 0.4) is 0 Å². The molecule has 1 heterocycles. The average molecular weight is 267 g/mol. The Balaban J connectivity index is 2.13. The molecule has 1 aliphatic carbocycles. The van der Waals surface area contributed by atoms with Crippen LogP contribution < -0.4 is 0 Å². The first kappa shape index (κ1) is 15.3. The highest BCUT2D eigenvalue weighted by Gasteiger charge is 2.44. The van der Waals surface area contributed by atoms with Gasteiger partial charge in [0.1, 0.15) is 0 Å². The maximum absolute atomic E-state index is 10.1. The number of hydrogen-bond donors (Lipinski definition) is 1. The van der Waals surface area contributed by atoms with Crippen molar-refractivity contribution in [2.75, 3.05) is 13.1 Å². The van der Waals surface area contributed by atoms with E-state index in [2.05, 4.69) is 39.5 Å². The lowest BCUT2D eigenvalue weighted by Gasteiger charge is -2.47. The minimum absolute atomic E-state index is 0.0716. The molecule has 2 aliphatic rings. The van der Waals surface area contributed by atoms with Gasteiger partial charge in [0.2, 0.25) is 0 Å². The van der Waals surface area contributed by atoms with Gasteiger partial charge in [-0.1, -0.05) is 41.0 Å². The first-order valence-corrected chi connectivity index (χ1v) is 8.17. The van der Waals surface area contributed by atoms with Crippen molar-refractivity contribution < 1.29 is 5.11 Å². The van der Waals surface area contributed by atoms with Crippen molar-refractivity contribution in [3.63, 3.8) is 0 Å². The van der Waals surface area contributed by atoms with E-state index in [1.54, 1.807) is 0 Å². The van der Waals surface area contributed by atoms with Crippen molar-refractivity contribution in [3.05, 3.63) is 0 Å². The lowest BCUT2D eigenvalue weighted by molar-refractivity contribution is -0.0129. The van der Waals surface area contributed by atoms with Gasteiger partial charge in [-0.15, -0.1) is 0 Å². The summed E-state index contributed by atoms with van der Waals surface area (Å²) in [5.74, 6) is 0.745. The SMILES string of the molecule is CCC(C)(C)C1CCC(O)CC1N1CCC(C)(C)C1. The standard InChI is InChI=1S/C17H33NO/c1-6-17(4,5)14-8-7-13(19)11-15(14)18-10-9-16(2,3)12-18/h13-15,19H,6-12H2,1-5H3. The van der Waals surface area contributed by atoms with E-state index >= 15 is 0 Å². The Labute approximate surface area is 119 Å². The number of aliphatic hydroxyl groups excluding tert-OH is 1. The van der Waals surface area contributed by atoms with Gasteiger partial charge in [0.15, 0.2) is 0 Å². The van der Waals surface area contributed by atoms with E-state index in [1.165, 1.54) is 32.4 Å². The maximum atomic E-state index is 10.1. The average Bonchev–Trinajstić information content (AvgIpc) is 2.69. The Kier molecular flexibility index (Phi) is 4.32. The van der Waals surface area contributed by atoms with Gasteiger partial charge in [0.25, 0.3) is 0 Å². The summed E-state index contributed by atoms with van der Waals surface area (Å²) in [6.07, 6.45) is 5.66. The Morgan fingerprint density at radius 2 is 1.95 bits per heavy atom. The van der Waals surface area contributed by atoms with Crippen LogP contribution in [-0.2, 0) is 0 Å². The molecule has 112 valence electrons. The summed E-state index contributed by atoms with van der Waals surface area (Å²) in [5, 5.41) is 10.1. The third kappa shape index (κ3) is 3.33. The van der Waals surface area contributed by atoms with Gasteiger partial charge in [-0.3, -0.25) is 4.90 Å². The van der Waals surface area contributed by atoms with Crippen molar-refractivity contribution in [1.82, 2.24) is 4.90 Å². The monoisotopic (exact) mass is 267 g/mol. The van der Waals surface area contributed by atoms with Crippen LogP contribution in [0.1, 0.15) is 66.7 Å². The number of aliphatic hydroxyl groups is 1. The quantitative estimate of drug-likeness (QED) is 0.843. The first-order chi connectivity index (χ1) is 8.75. The van der Waals surface area contributed by atoms with Gasteiger partial charge < -0.3 is 5.11 Å². The predicted molar refractivity (Wildman–Crippen MR) is 81.2 cm³/mol. The van der Waals surface area contributed by atoms with Gasteiger partial charge >= 0.3 is 0 Å². The van der Waals surface area contributed by atoms with E-state index < -0.39 is 0 Å². The van der Waals surface area contributed by atoms with E-state index in [9.17, 15) is 5.11 Å². The van der Waals surface area contributed by atoms with Crippen molar-refractivity contribution in [2.24, 2.45) is 16.7 Å². The Hall–Kier alpha value is -0.0800. The summed E-state index contributed by atoms with van der Waals surface area (Å²) in [5.41, 5.74) is 0.862. The van der Waals surface area contributed by atoms with Crippen LogP contribution in [0.25, 0.3) is 0 Å². The van der Waals surface area contributed by atoms with E-state index in [0.29, 0.717) is 16.9 Å². The molecule has 2 fully saturated rings. The highest BCUT2D eigenvalue weighted by atomic mass is 16.3. The second kappa shape index (κ2) is 5.37. The van der Waals surface area contributed by atoms with Gasteiger partial charge in [-0.05, 0) is 49.0 Å². The molecule has 2 rings (SSSR count). The van der Waals surface area contributed by atoms with Crippen LogP contribution in [0.5, 0.6) is 0 Å². The lowest BCUT2D eigenvalue weighted by Crippen LogP contribution is -2.49. The number of rotatable bonds is 3. The molecule has 0 aromatic carbocycles. The molecule has 0 bridgehead atoms. The molecule has 0 aromatic heterocycles. The third-order valence-electron chi connectivity index (χ3n) is 5.88. The summed E-state index contributed by atoms with van der Waals surface area (Å²) >= 11 is 0. The fraction of sp³-hybridized carbons (Fsp3) is 1.00. The Morgan fingerprint density at radius 1 is 1.26 bits per heavy atom. The summed E-state index contributed by atoms with van der Waals surface area (Å²) in [6.45, 7) is 14.4. The molecular formula is C17H33NO. The zero-order chi connectivity index (χ0) is 14.3. The molecule has 3 unspecified atom stereocenters. The van der Waals surface area contributed by atoms with Crippen LogP contribution >= 0.6 is 0 Å². The molecule has 0 radical (unpaired) electrons. The van der Waals surface area contributed by atoms with E-state index in [0.717, 1.165) is 18.8 Å². The normalized spacial score (nSPS) is 36.6. The van der Waals surface area contributed by atoms with Gasteiger partial charge in [0, 0.05) is 12.6 Å². The summed E-state index contributed by atoms with van der Waals surface area (Å²) < 4.78 is 0. The minimum Gasteiger partial charge on any atom is -0.393 e. The molecular weight excluding hydrogens is 234 g/mol. The number of nitrogens with zero attached hydrogens (tertiary/aromatic N) is 1. The fourth-order valence-electron chi connectivity index (χ4n) is 4.14. The van der Waals surface area contributed by atoms with Gasteiger partial charge in [-0.25, -0.2) is 0 Å². The van der Waals surface area contributed by atoms with Crippen molar-refractivity contribution in [3.8, 4) is 0 Å². The molecule has 3 atom stereocenters. The molecule has 0 amide bonds. The predicted octanol–water partition coefficient (Wildman–Crippen LogP) is 3.68. The molecule has 1 saturated heterocycles. The highest BCUT2D eigenvalue weighted by molar-refractivity contribution is 4.97. The smallest absolute Gasteiger partial charge is 0.0555 e. The maximum Gasteiger partial charge on any atom is 0.0555 e. The molecule has 2 nitrogen and oxygen atoms in total. The number of hydrogen-bond acceptors (Lipinski definition) is 2. The molecule has 19 heavy (non-hydrogen) atoms. The molecule has 0 aromatic rings. The third-order valence-corrected chi connectivity index (χ3v) is 5.88. The van der Waals surface area contributed by atoms with Gasteiger partial charge in [-0.2, -0.15) is 0 Å². The molecule has 2 heteroatoms. The molecule has 1 N–H and O–H groups in total. The largest absolute Gasteiger partial charge is 0.393 e. The van der Waals surface area contributed by atoms with Gasteiger partial charge in [0.05, 0.1) is 6.10 Å². The fourth-order valence-corrected chi connectivity index (χ4v) is 4.14. The Bertz CT molecular complexity index is 310. The van der Waals surface area contributed by atoms with Crippen molar-refractivity contribution in [1.29, 1.82) is 0 Å². The van der Waals surface area contributed by atoms with Crippen LogP contribution in [0.15, 0.2) is 0 Å². The summed E-state index contributed by atoms with van der Waals surface area (Å²) in [4.78, 5) is 2.68. The van der Waals surface area contributed by atoms with Crippen molar-refractivity contribution in [2.45, 2.75) is 78.9 Å². The second-order valence-corrected chi connectivity index (χ2v) is 8.37. The summed E-state index contributed by atoms with van der Waals surface area (Å²) in [7, 11) is 0. The second-order valence-electron chi connectivity index (χ2n) is 8.37. The van der Waals surface area contributed by atoms with Crippen LogP contribution in [-0.4, -0.2) is 35.2 Å². The zero-order valence-corrected chi connectivity index (χ0v) is 13.6. The lowest BCUT2D eigenvalue weighted by atomic mass is 9.66. The first-order valence-electron chi connectivity index (χ1n) is 8.17. The molecule has 1 saturated carbocycles. The topological polar surface area (TPSA) is 23.5 Å². The Morgan fingerprint density at radius 3 is 2.47 bits per heavy atom. The number of likely N-dealkylation sites (tertiary alicyclic amines) is 1. The van der Waals surface area contributed by atoms with E-state index in [4.69, 9.17) is 0 Å². The zero-order valence-electron chi connectivity index (χ0n) is 13.6. The molecule has 0 spiro atoms. The minimum atomic E-state index is -0.0716. The van der Waals surface area contributed by atoms with E-state index in [-0.39, 0.29) is 6.10 Å². The van der Waals surface area contributed by atoms with Crippen LogP contribution in [0.4, 0.5) is 0 Å². The van der Waals surface area contributed by atoms with Crippen molar-refractivity contribution >= 4 is 0 Å². The van der Waals surface area contributed by atoms with Crippen LogP contribution in [0, 0.1) is 16.7 Å². The highest BCUT2D eigenvalue weighted by Crippen LogP contribution is 2.44. The summed E-state index contributed by atoms with van der Waals surface area (Å²) in [6, 6.07) is 0.598. The molecule has 1 aliphatic heterocycles.